The van der Waals surface area contributed by atoms with E-state index in [9.17, 15) is 9.59 Å². The molecule has 5 nitrogen and oxygen atoms in total. The average molecular weight is 292 g/mol. The van der Waals surface area contributed by atoms with E-state index in [-0.39, 0.29) is 18.7 Å². The van der Waals surface area contributed by atoms with Crippen molar-refractivity contribution in [1.29, 1.82) is 0 Å². The highest BCUT2D eigenvalue weighted by atomic mass is 32.1. The molecule has 106 valence electrons. The normalized spacial score (nSPS) is 10.7. The molecule has 0 spiro atoms. The maximum Gasteiger partial charge on any atom is 0.303 e. The summed E-state index contributed by atoms with van der Waals surface area (Å²) >= 11 is 1.43. The fourth-order valence-corrected chi connectivity index (χ4v) is 2.78. The van der Waals surface area contributed by atoms with Gasteiger partial charge in [-0.2, -0.15) is 0 Å². The Bertz CT molecular complexity index is 625. The lowest BCUT2D eigenvalue weighted by molar-refractivity contribution is -0.137. The van der Waals surface area contributed by atoms with Gasteiger partial charge in [0.25, 0.3) is 0 Å². The zero-order chi connectivity index (χ0) is 14.7. The zero-order valence-electron chi connectivity index (χ0n) is 11.4. The van der Waals surface area contributed by atoms with E-state index in [1.54, 1.807) is 0 Å². The molecule has 20 heavy (non-hydrogen) atoms. The van der Waals surface area contributed by atoms with Crippen molar-refractivity contribution < 1.29 is 14.7 Å². The van der Waals surface area contributed by atoms with Crippen molar-refractivity contribution in [3.05, 3.63) is 23.3 Å². The largest absolute Gasteiger partial charge is 0.481 e. The maximum absolute atomic E-state index is 11.7. The third-order valence-corrected chi connectivity index (χ3v) is 3.98. The lowest BCUT2D eigenvalue weighted by atomic mass is 10.1. The van der Waals surface area contributed by atoms with Gasteiger partial charge in [0, 0.05) is 12.8 Å². The van der Waals surface area contributed by atoms with E-state index in [0.29, 0.717) is 11.6 Å². The first kappa shape index (κ1) is 14.5. The van der Waals surface area contributed by atoms with Gasteiger partial charge in [-0.25, -0.2) is 4.98 Å². The molecular formula is C14H16N2O3S. The van der Waals surface area contributed by atoms with Crippen LogP contribution in [0.15, 0.2) is 12.1 Å². The molecule has 0 saturated carbocycles. The maximum atomic E-state index is 11.7. The number of hydrogen-bond donors (Lipinski definition) is 2. The predicted molar refractivity (Wildman–Crippen MR) is 79.2 cm³/mol. The Morgan fingerprint density at radius 2 is 1.95 bits per heavy atom. The van der Waals surface area contributed by atoms with E-state index >= 15 is 0 Å². The van der Waals surface area contributed by atoms with Gasteiger partial charge >= 0.3 is 5.97 Å². The van der Waals surface area contributed by atoms with E-state index in [2.05, 4.69) is 16.4 Å². The number of hydrogen-bond acceptors (Lipinski definition) is 4. The molecule has 0 radical (unpaired) electrons. The average Bonchev–Trinajstić information content (AvgIpc) is 2.70. The van der Waals surface area contributed by atoms with Crippen LogP contribution in [0.25, 0.3) is 10.2 Å². The summed E-state index contributed by atoms with van der Waals surface area (Å²) in [7, 11) is 0. The minimum absolute atomic E-state index is 0.00561. The second kappa shape index (κ2) is 6.00. The van der Waals surface area contributed by atoms with Crippen molar-refractivity contribution in [3.63, 3.8) is 0 Å². The molecule has 1 heterocycles. The summed E-state index contributed by atoms with van der Waals surface area (Å²) in [5.74, 6) is -1.08. The van der Waals surface area contributed by atoms with Gasteiger partial charge in [0.1, 0.15) is 0 Å². The Balaban J connectivity index is 2.03. The molecule has 1 aromatic carbocycles. The number of carbonyl (C=O) groups is 2. The Morgan fingerprint density at radius 3 is 2.65 bits per heavy atom. The summed E-state index contributed by atoms with van der Waals surface area (Å²) in [5.41, 5.74) is 3.24. The van der Waals surface area contributed by atoms with Crippen LogP contribution in [-0.4, -0.2) is 22.0 Å². The van der Waals surface area contributed by atoms with Crippen LogP contribution in [0, 0.1) is 13.8 Å². The second-order valence-electron chi connectivity index (χ2n) is 4.72. The van der Waals surface area contributed by atoms with Gasteiger partial charge in [-0.1, -0.05) is 11.3 Å². The predicted octanol–water partition coefficient (Wildman–Crippen LogP) is 3.11. The van der Waals surface area contributed by atoms with Crippen LogP contribution < -0.4 is 5.32 Å². The minimum atomic E-state index is -0.885. The third kappa shape index (κ3) is 3.54. The quantitative estimate of drug-likeness (QED) is 0.887. The van der Waals surface area contributed by atoms with Gasteiger partial charge in [0.05, 0.1) is 10.2 Å². The Kier molecular flexibility index (Phi) is 4.34. The molecule has 1 amide bonds. The van der Waals surface area contributed by atoms with E-state index in [4.69, 9.17) is 5.11 Å². The van der Waals surface area contributed by atoms with Gasteiger partial charge in [0.15, 0.2) is 5.13 Å². The van der Waals surface area contributed by atoms with Crippen molar-refractivity contribution in [2.75, 3.05) is 5.32 Å². The highest BCUT2D eigenvalue weighted by Gasteiger charge is 2.09. The molecule has 0 aliphatic rings. The van der Waals surface area contributed by atoms with Crippen LogP contribution in [0.2, 0.25) is 0 Å². The molecular weight excluding hydrogens is 276 g/mol. The highest BCUT2D eigenvalue weighted by Crippen LogP contribution is 2.28. The molecule has 0 unspecified atom stereocenters. The highest BCUT2D eigenvalue weighted by molar-refractivity contribution is 7.22. The molecule has 0 aliphatic carbocycles. The number of nitrogens with zero attached hydrogens (tertiary/aromatic N) is 1. The topological polar surface area (TPSA) is 79.3 Å². The van der Waals surface area contributed by atoms with Crippen LogP contribution in [0.1, 0.15) is 30.4 Å². The van der Waals surface area contributed by atoms with Crippen molar-refractivity contribution in [1.82, 2.24) is 4.98 Å². The number of carbonyl (C=O) groups excluding carboxylic acids is 1. The van der Waals surface area contributed by atoms with Crippen molar-refractivity contribution in [2.45, 2.75) is 33.1 Å². The standard InChI is InChI=1S/C14H16N2O3S/c1-8-6-10-11(7-9(8)2)20-14(15-10)16-12(17)4-3-5-13(18)19/h6-7H,3-5H2,1-2H3,(H,18,19)(H,15,16,17). The lowest BCUT2D eigenvalue weighted by Gasteiger charge is -1.99. The van der Waals surface area contributed by atoms with Crippen LogP contribution in [0.4, 0.5) is 5.13 Å². The molecule has 2 aromatic rings. The summed E-state index contributed by atoms with van der Waals surface area (Å²) in [6.45, 7) is 4.07. The lowest BCUT2D eigenvalue weighted by Crippen LogP contribution is -2.11. The van der Waals surface area contributed by atoms with E-state index < -0.39 is 5.97 Å². The molecule has 2 N–H and O–H groups in total. The fraction of sp³-hybridized carbons (Fsp3) is 0.357. The number of anilines is 1. The number of amides is 1. The number of thiazole rings is 1. The number of carboxylic acids is 1. The van der Waals surface area contributed by atoms with E-state index in [1.165, 1.54) is 22.5 Å². The van der Waals surface area contributed by atoms with Crippen LogP contribution in [-0.2, 0) is 9.59 Å². The second-order valence-corrected chi connectivity index (χ2v) is 5.75. The zero-order valence-corrected chi connectivity index (χ0v) is 12.2. The van der Waals surface area contributed by atoms with Crippen LogP contribution in [0.5, 0.6) is 0 Å². The van der Waals surface area contributed by atoms with E-state index in [1.807, 2.05) is 19.9 Å². The summed E-state index contributed by atoms with van der Waals surface area (Å²) < 4.78 is 1.04. The molecule has 2 rings (SSSR count). The first-order valence-corrected chi connectivity index (χ1v) is 7.17. The summed E-state index contributed by atoms with van der Waals surface area (Å²) in [5, 5.41) is 11.8. The van der Waals surface area contributed by atoms with Crippen LogP contribution in [0.3, 0.4) is 0 Å². The van der Waals surface area contributed by atoms with Gasteiger partial charge in [0.2, 0.25) is 5.91 Å². The number of benzene rings is 1. The Labute approximate surface area is 120 Å². The fourth-order valence-electron chi connectivity index (χ4n) is 1.82. The summed E-state index contributed by atoms with van der Waals surface area (Å²) in [6.07, 6.45) is 0.538. The molecule has 1 aromatic heterocycles. The molecule has 0 atom stereocenters. The van der Waals surface area contributed by atoms with Crippen molar-refractivity contribution in [3.8, 4) is 0 Å². The summed E-state index contributed by atoms with van der Waals surface area (Å²) in [4.78, 5) is 26.4. The van der Waals surface area contributed by atoms with Crippen molar-refractivity contribution >= 4 is 38.6 Å². The molecule has 0 fully saturated rings. The molecule has 0 aliphatic heterocycles. The van der Waals surface area contributed by atoms with Gasteiger partial charge in [-0.3, -0.25) is 9.59 Å². The number of fused-ring (bicyclic) bond motifs is 1. The van der Waals surface area contributed by atoms with E-state index in [0.717, 1.165) is 10.2 Å². The molecule has 6 heteroatoms. The van der Waals surface area contributed by atoms with Gasteiger partial charge < -0.3 is 10.4 Å². The molecule has 0 bridgehead atoms. The number of rotatable bonds is 5. The number of carboxylic acid groups (broad SMARTS) is 1. The Morgan fingerprint density at radius 1 is 1.25 bits per heavy atom. The minimum Gasteiger partial charge on any atom is -0.481 e. The van der Waals surface area contributed by atoms with Gasteiger partial charge in [-0.15, -0.1) is 0 Å². The number of nitrogens with one attached hydrogen (secondary N) is 1. The smallest absolute Gasteiger partial charge is 0.303 e. The van der Waals surface area contributed by atoms with Crippen molar-refractivity contribution in [2.24, 2.45) is 0 Å². The monoisotopic (exact) mass is 292 g/mol. The Hall–Kier alpha value is -1.95. The van der Waals surface area contributed by atoms with Crippen LogP contribution >= 0.6 is 11.3 Å². The third-order valence-electron chi connectivity index (χ3n) is 3.04. The number of aromatic nitrogens is 1. The molecule has 0 saturated heterocycles. The number of aliphatic carboxylic acids is 1. The summed E-state index contributed by atoms with van der Waals surface area (Å²) in [6, 6.07) is 4.06. The first-order chi connectivity index (χ1) is 9.45. The first-order valence-electron chi connectivity index (χ1n) is 6.35. The van der Waals surface area contributed by atoms with Gasteiger partial charge in [-0.05, 0) is 43.5 Å². The SMILES string of the molecule is Cc1cc2nc(NC(=O)CCCC(=O)O)sc2cc1C. The number of aryl methyl sites for hydroxylation is 2.